The van der Waals surface area contributed by atoms with Crippen LogP contribution >= 0.6 is 0 Å². The summed E-state index contributed by atoms with van der Waals surface area (Å²) in [6.07, 6.45) is 1.54. The number of benzene rings is 1. The fourth-order valence-electron chi connectivity index (χ4n) is 1.94. The molecule has 0 fully saturated rings. The number of hydrogen-bond acceptors (Lipinski definition) is 5. The second kappa shape index (κ2) is 4.30. The van der Waals surface area contributed by atoms with Crippen molar-refractivity contribution >= 4 is 22.6 Å². The van der Waals surface area contributed by atoms with E-state index in [1.54, 1.807) is 31.3 Å². The van der Waals surface area contributed by atoms with E-state index in [1.807, 2.05) is 0 Å². The Balaban J connectivity index is 2.17. The van der Waals surface area contributed by atoms with E-state index < -0.39 is 5.91 Å². The Bertz CT molecular complexity index is 823. The number of nitrogens with two attached hydrogens (primary N) is 2. The molecule has 7 heteroatoms. The summed E-state index contributed by atoms with van der Waals surface area (Å²) in [7, 11) is 0. The lowest BCUT2D eigenvalue weighted by molar-refractivity contribution is 0.100. The first-order chi connectivity index (χ1) is 9.54. The van der Waals surface area contributed by atoms with Crippen molar-refractivity contribution in [3.8, 4) is 11.5 Å². The van der Waals surface area contributed by atoms with Crippen LogP contribution in [0.2, 0.25) is 0 Å². The van der Waals surface area contributed by atoms with E-state index in [0.717, 1.165) is 0 Å². The number of rotatable bonds is 2. The predicted molar refractivity (Wildman–Crippen MR) is 74.8 cm³/mol. The van der Waals surface area contributed by atoms with Crippen molar-refractivity contribution < 1.29 is 4.79 Å². The molecule has 0 aliphatic heterocycles. The van der Waals surface area contributed by atoms with Crippen LogP contribution in [0, 0.1) is 6.92 Å². The van der Waals surface area contributed by atoms with E-state index in [2.05, 4.69) is 19.9 Å². The van der Waals surface area contributed by atoms with Crippen LogP contribution in [0.15, 0.2) is 24.4 Å². The van der Waals surface area contributed by atoms with E-state index in [4.69, 9.17) is 11.5 Å². The van der Waals surface area contributed by atoms with Crippen molar-refractivity contribution in [2.75, 3.05) is 5.73 Å². The van der Waals surface area contributed by atoms with E-state index in [0.29, 0.717) is 39.6 Å². The van der Waals surface area contributed by atoms with Crippen molar-refractivity contribution in [2.45, 2.75) is 6.92 Å². The van der Waals surface area contributed by atoms with Gasteiger partial charge in [0.25, 0.3) is 0 Å². The molecule has 7 nitrogen and oxygen atoms in total. The van der Waals surface area contributed by atoms with Gasteiger partial charge < -0.3 is 16.5 Å². The Labute approximate surface area is 114 Å². The topological polar surface area (TPSA) is 124 Å². The summed E-state index contributed by atoms with van der Waals surface area (Å²) in [6, 6.07) is 5.00. The average molecular weight is 268 g/mol. The van der Waals surface area contributed by atoms with E-state index in [-0.39, 0.29) is 0 Å². The molecule has 0 atom stereocenters. The standard InChI is InChI=1S/C13H12N6O/c1-6-16-5-8(14)11(17-6)13-18-9-3-2-7(12(15)20)4-10(9)19-13/h2-5H,14H2,1H3,(H2,15,20)(H,18,19). The summed E-state index contributed by atoms with van der Waals surface area (Å²) in [5.74, 6) is 0.651. The van der Waals surface area contributed by atoms with Crippen molar-refractivity contribution in [2.24, 2.45) is 5.73 Å². The van der Waals surface area contributed by atoms with Crippen LogP contribution in [0.5, 0.6) is 0 Å². The van der Waals surface area contributed by atoms with Crippen molar-refractivity contribution in [1.29, 1.82) is 0 Å². The highest BCUT2D eigenvalue weighted by molar-refractivity contribution is 5.96. The lowest BCUT2D eigenvalue weighted by Gasteiger charge is -2.01. The molecule has 1 aromatic carbocycles. The zero-order valence-electron chi connectivity index (χ0n) is 10.7. The van der Waals surface area contributed by atoms with E-state index in [1.165, 1.54) is 0 Å². The maximum atomic E-state index is 11.2. The molecule has 2 heterocycles. The van der Waals surface area contributed by atoms with Gasteiger partial charge in [-0.1, -0.05) is 0 Å². The van der Waals surface area contributed by atoms with Crippen LogP contribution in [0.1, 0.15) is 16.2 Å². The number of fused-ring (bicyclic) bond motifs is 1. The van der Waals surface area contributed by atoms with Crippen LogP contribution in [0.25, 0.3) is 22.6 Å². The minimum atomic E-state index is -0.486. The zero-order valence-corrected chi connectivity index (χ0v) is 10.7. The molecule has 0 bridgehead atoms. The van der Waals surface area contributed by atoms with Crippen molar-refractivity contribution in [3.05, 3.63) is 35.8 Å². The van der Waals surface area contributed by atoms with Gasteiger partial charge in [0.2, 0.25) is 5.91 Å². The molecule has 20 heavy (non-hydrogen) atoms. The molecule has 0 spiro atoms. The third kappa shape index (κ3) is 1.95. The van der Waals surface area contributed by atoms with Gasteiger partial charge in [-0.05, 0) is 25.1 Å². The van der Waals surface area contributed by atoms with Crippen molar-refractivity contribution in [3.63, 3.8) is 0 Å². The number of nitrogens with one attached hydrogen (secondary N) is 1. The smallest absolute Gasteiger partial charge is 0.248 e. The molecule has 0 aliphatic carbocycles. The Kier molecular flexibility index (Phi) is 2.60. The number of H-pyrrole nitrogens is 1. The third-order valence-corrected chi connectivity index (χ3v) is 2.93. The van der Waals surface area contributed by atoms with Gasteiger partial charge in [-0.25, -0.2) is 15.0 Å². The monoisotopic (exact) mass is 268 g/mol. The van der Waals surface area contributed by atoms with Gasteiger partial charge in [0, 0.05) is 5.56 Å². The number of primary amides is 1. The van der Waals surface area contributed by atoms with E-state index in [9.17, 15) is 4.79 Å². The number of hydrogen-bond donors (Lipinski definition) is 3. The van der Waals surface area contributed by atoms with Gasteiger partial charge in [-0.3, -0.25) is 4.79 Å². The average Bonchev–Trinajstić information content (AvgIpc) is 2.83. The lowest BCUT2D eigenvalue weighted by Crippen LogP contribution is -2.10. The first-order valence-corrected chi connectivity index (χ1v) is 5.93. The third-order valence-electron chi connectivity index (χ3n) is 2.93. The van der Waals surface area contributed by atoms with Gasteiger partial charge in [0.1, 0.15) is 11.5 Å². The van der Waals surface area contributed by atoms with Crippen LogP contribution in [0.4, 0.5) is 5.69 Å². The predicted octanol–water partition coefficient (Wildman–Crippen LogP) is 1.01. The number of carbonyl (C=O) groups is 1. The van der Waals surface area contributed by atoms with Gasteiger partial charge >= 0.3 is 0 Å². The molecule has 0 saturated heterocycles. The number of amides is 1. The summed E-state index contributed by atoms with van der Waals surface area (Å²) >= 11 is 0. The summed E-state index contributed by atoms with van der Waals surface area (Å²) in [5, 5.41) is 0. The highest BCUT2D eigenvalue weighted by atomic mass is 16.1. The molecule has 0 aliphatic rings. The molecule has 3 aromatic rings. The minimum Gasteiger partial charge on any atom is -0.396 e. The molecule has 3 rings (SSSR count). The second-order valence-corrected chi connectivity index (χ2v) is 4.40. The number of carbonyl (C=O) groups excluding carboxylic acids is 1. The van der Waals surface area contributed by atoms with Gasteiger partial charge in [0.15, 0.2) is 5.82 Å². The van der Waals surface area contributed by atoms with Crippen molar-refractivity contribution in [1.82, 2.24) is 19.9 Å². The highest BCUT2D eigenvalue weighted by Gasteiger charge is 2.12. The Morgan fingerprint density at radius 3 is 2.85 bits per heavy atom. The highest BCUT2D eigenvalue weighted by Crippen LogP contribution is 2.23. The number of nitrogen functional groups attached to an aromatic ring is 1. The number of aromatic nitrogens is 4. The quantitative estimate of drug-likeness (QED) is 0.639. The van der Waals surface area contributed by atoms with E-state index >= 15 is 0 Å². The molecule has 1 amide bonds. The largest absolute Gasteiger partial charge is 0.396 e. The molecular formula is C13H12N6O. The normalized spacial score (nSPS) is 10.8. The molecule has 0 radical (unpaired) electrons. The summed E-state index contributed by atoms with van der Waals surface area (Å²) < 4.78 is 0. The number of imidazole rings is 1. The Hall–Kier alpha value is -2.96. The van der Waals surface area contributed by atoms with Gasteiger partial charge in [-0.2, -0.15) is 0 Å². The number of aromatic amines is 1. The maximum absolute atomic E-state index is 11.2. The number of anilines is 1. The molecule has 0 saturated carbocycles. The molecule has 2 aromatic heterocycles. The Morgan fingerprint density at radius 2 is 2.10 bits per heavy atom. The molecular weight excluding hydrogens is 256 g/mol. The SMILES string of the molecule is Cc1ncc(N)c(-c2nc3ccc(C(N)=O)cc3[nH]2)n1. The van der Waals surface area contributed by atoms with Crippen LogP contribution in [-0.4, -0.2) is 25.8 Å². The molecule has 0 unspecified atom stereocenters. The maximum Gasteiger partial charge on any atom is 0.248 e. The van der Waals surface area contributed by atoms with Crippen LogP contribution in [-0.2, 0) is 0 Å². The van der Waals surface area contributed by atoms with Gasteiger partial charge in [-0.15, -0.1) is 0 Å². The van der Waals surface area contributed by atoms with Gasteiger partial charge in [0.05, 0.1) is 22.9 Å². The van der Waals surface area contributed by atoms with Crippen LogP contribution in [0.3, 0.4) is 0 Å². The lowest BCUT2D eigenvalue weighted by atomic mass is 10.2. The fraction of sp³-hybridized carbons (Fsp3) is 0.0769. The summed E-state index contributed by atoms with van der Waals surface area (Å²) in [4.78, 5) is 27.0. The minimum absolute atomic E-state index is 0.416. The first-order valence-electron chi connectivity index (χ1n) is 5.93. The molecule has 5 N–H and O–H groups in total. The first kappa shape index (κ1) is 12.1. The second-order valence-electron chi connectivity index (χ2n) is 4.40. The number of aryl methyl sites for hydroxylation is 1. The summed E-state index contributed by atoms with van der Waals surface area (Å²) in [5.41, 5.74) is 13.9. The zero-order chi connectivity index (χ0) is 14.3. The summed E-state index contributed by atoms with van der Waals surface area (Å²) in [6.45, 7) is 1.77. The fourth-order valence-corrected chi connectivity index (χ4v) is 1.94. The van der Waals surface area contributed by atoms with Crippen LogP contribution < -0.4 is 11.5 Å². The molecule has 100 valence electrons. The number of nitrogens with zero attached hydrogens (tertiary/aromatic N) is 3. The Morgan fingerprint density at radius 1 is 1.30 bits per heavy atom.